The van der Waals surface area contributed by atoms with Crippen LogP contribution in [0.2, 0.25) is 0 Å². The first-order chi connectivity index (χ1) is 9.51. The van der Waals surface area contributed by atoms with Gasteiger partial charge in [0.15, 0.2) is 0 Å². The molecule has 1 aromatic rings. The van der Waals surface area contributed by atoms with E-state index in [9.17, 15) is 0 Å². The molecule has 2 rings (SSSR count). The molecule has 1 aliphatic rings. The van der Waals surface area contributed by atoms with Gasteiger partial charge in [0.2, 0.25) is 0 Å². The van der Waals surface area contributed by atoms with E-state index in [4.69, 9.17) is 10.5 Å². The first-order valence-corrected chi connectivity index (χ1v) is 7.65. The van der Waals surface area contributed by atoms with Crippen molar-refractivity contribution in [3.8, 4) is 5.75 Å². The molecule has 1 fully saturated rings. The molecule has 1 unspecified atom stereocenters. The van der Waals surface area contributed by atoms with Crippen LogP contribution in [-0.2, 0) is 0 Å². The Hall–Kier alpha value is -1.06. The Morgan fingerprint density at radius 1 is 1.30 bits per heavy atom. The van der Waals surface area contributed by atoms with Gasteiger partial charge in [-0.1, -0.05) is 31.5 Å². The highest BCUT2D eigenvalue weighted by Gasteiger charge is 2.30. The summed E-state index contributed by atoms with van der Waals surface area (Å²) >= 11 is 0. The molecule has 1 saturated carbocycles. The Morgan fingerprint density at radius 2 is 2.00 bits per heavy atom. The van der Waals surface area contributed by atoms with Gasteiger partial charge in [-0.05, 0) is 31.7 Å². The van der Waals surface area contributed by atoms with Gasteiger partial charge in [-0.15, -0.1) is 0 Å². The van der Waals surface area contributed by atoms with E-state index in [1.807, 2.05) is 6.07 Å². The Balaban J connectivity index is 2.09. The van der Waals surface area contributed by atoms with Crippen molar-refractivity contribution in [2.75, 3.05) is 20.2 Å². The van der Waals surface area contributed by atoms with Crippen LogP contribution in [-0.4, -0.2) is 31.1 Å². The van der Waals surface area contributed by atoms with E-state index in [1.165, 1.54) is 18.4 Å². The van der Waals surface area contributed by atoms with Gasteiger partial charge in [-0.3, -0.25) is 4.90 Å². The van der Waals surface area contributed by atoms with Crippen molar-refractivity contribution < 1.29 is 4.74 Å². The fourth-order valence-corrected chi connectivity index (χ4v) is 2.78. The zero-order valence-electron chi connectivity index (χ0n) is 13.2. The van der Waals surface area contributed by atoms with Crippen molar-refractivity contribution >= 4 is 0 Å². The highest BCUT2D eigenvalue weighted by atomic mass is 16.5. The number of hydrogen-bond donors (Lipinski definition) is 1. The van der Waals surface area contributed by atoms with Crippen LogP contribution in [0.25, 0.3) is 0 Å². The van der Waals surface area contributed by atoms with E-state index in [0.717, 1.165) is 30.4 Å². The summed E-state index contributed by atoms with van der Waals surface area (Å²) in [6.45, 7) is 8.69. The number of methoxy groups -OCH3 is 1. The molecule has 0 aliphatic heterocycles. The molecule has 0 saturated heterocycles. The quantitative estimate of drug-likeness (QED) is 0.831. The summed E-state index contributed by atoms with van der Waals surface area (Å²) in [5, 5.41) is 0. The van der Waals surface area contributed by atoms with Gasteiger partial charge in [-0.25, -0.2) is 0 Å². The minimum Gasteiger partial charge on any atom is -0.496 e. The monoisotopic (exact) mass is 276 g/mol. The average molecular weight is 276 g/mol. The molecular formula is C17H28N2O. The highest BCUT2D eigenvalue weighted by Crippen LogP contribution is 2.31. The molecule has 0 heterocycles. The minimum absolute atomic E-state index is 0.0178. The summed E-state index contributed by atoms with van der Waals surface area (Å²) in [5.41, 5.74) is 8.82. The molecule has 0 radical (unpaired) electrons. The molecule has 1 aromatic carbocycles. The highest BCUT2D eigenvalue weighted by molar-refractivity contribution is 5.39. The molecule has 3 nitrogen and oxygen atoms in total. The first-order valence-electron chi connectivity index (χ1n) is 7.65. The maximum absolute atomic E-state index is 6.46. The van der Waals surface area contributed by atoms with Crippen LogP contribution in [0.3, 0.4) is 0 Å². The molecule has 3 heteroatoms. The Labute approximate surface area is 123 Å². The van der Waals surface area contributed by atoms with E-state index < -0.39 is 0 Å². The van der Waals surface area contributed by atoms with Crippen LogP contribution >= 0.6 is 0 Å². The lowest BCUT2D eigenvalue weighted by molar-refractivity contribution is 0.220. The van der Waals surface area contributed by atoms with Crippen LogP contribution in [0, 0.1) is 12.8 Å². The first kappa shape index (κ1) is 15.3. The van der Waals surface area contributed by atoms with Crippen LogP contribution in [0.5, 0.6) is 5.75 Å². The van der Waals surface area contributed by atoms with Crippen molar-refractivity contribution in [1.82, 2.24) is 4.90 Å². The summed E-state index contributed by atoms with van der Waals surface area (Å²) < 4.78 is 5.46. The number of rotatable bonds is 7. The van der Waals surface area contributed by atoms with Crippen LogP contribution in [0.1, 0.15) is 43.9 Å². The predicted octanol–water partition coefficient (Wildman–Crippen LogP) is 3.12. The van der Waals surface area contributed by atoms with Gasteiger partial charge in [0, 0.05) is 30.7 Å². The molecule has 0 amide bonds. The largest absolute Gasteiger partial charge is 0.496 e. The topological polar surface area (TPSA) is 38.5 Å². The van der Waals surface area contributed by atoms with Crippen LogP contribution < -0.4 is 10.5 Å². The lowest BCUT2D eigenvalue weighted by Crippen LogP contribution is -2.36. The second-order valence-corrected chi connectivity index (χ2v) is 6.43. The summed E-state index contributed by atoms with van der Waals surface area (Å²) in [4.78, 5) is 2.55. The molecular weight excluding hydrogens is 248 g/mol. The average Bonchev–Trinajstić information content (AvgIpc) is 3.21. The smallest absolute Gasteiger partial charge is 0.123 e. The second-order valence-electron chi connectivity index (χ2n) is 6.43. The number of hydrogen-bond acceptors (Lipinski definition) is 3. The standard InChI is InChI=1S/C17H28N2O/c1-12(2)10-19(14-6-7-14)11-16(18)15-9-13(3)5-8-17(15)20-4/h5,8-9,12,14,16H,6-7,10-11,18H2,1-4H3. The van der Waals surface area contributed by atoms with Crippen molar-refractivity contribution in [2.24, 2.45) is 11.7 Å². The van der Waals surface area contributed by atoms with Crippen molar-refractivity contribution in [2.45, 2.75) is 45.7 Å². The molecule has 20 heavy (non-hydrogen) atoms. The molecule has 1 atom stereocenters. The van der Waals surface area contributed by atoms with E-state index in [0.29, 0.717) is 5.92 Å². The molecule has 1 aliphatic carbocycles. The molecule has 0 aromatic heterocycles. The fourth-order valence-electron chi connectivity index (χ4n) is 2.78. The molecule has 0 bridgehead atoms. The van der Waals surface area contributed by atoms with Crippen LogP contribution in [0.15, 0.2) is 18.2 Å². The summed E-state index contributed by atoms with van der Waals surface area (Å²) in [6.07, 6.45) is 2.65. The lowest BCUT2D eigenvalue weighted by atomic mass is 10.0. The van der Waals surface area contributed by atoms with E-state index in [2.05, 4.69) is 37.8 Å². The van der Waals surface area contributed by atoms with Gasteiger partial charge < -0.3 is 10.5 Å². The molecule has 0 spiro atoms. The van der Waals surface area contributed by atoms with Crippen molar-refractivity contribution in [3.63, 3.8) is 0 Å². The van der Waals surface area contributed by atoms with E-state index in [-0.39, 0.29) is 6.04 Å². The summed E-state index contributed by atoms with van der Waals surface area (Å²) in [5.74, 6) is 1.59. The third-order valence-electron chi connectivity index (χ3n) is 3.88. The Kier molecular flexibility index (Phi) is 5.06. The second kappa shape index (κ2) is 6.59. The third-order valence-corrected chi connectivity index (χ3v) is 3.88. The number of nitrogens with two attached hydrogens (primary N) is 1. The minimum atomic E-state index is 0.0178. The maximum Gasteiger partial charge on any atom is 0.123 e. The van der Waals surface area contributed by atoms with Crippen molar-refractivity contribution in [3.05, 3.63) is 29.3 Å². The van der Waals surface area contributed by atoms with E-state index in [1.54, 1.807) is 7.11 Å². The van der Waals surface area contributed by atoms with E-state index >= 15 is 0 Å². The van der Waals surface area contributed by atoms with Gasteiger partial charge in [0.25, 0.3) is 0 Å². The Morgan fingerprint density at radius 3 is 2.55 bits per heavy atom. The lowest BCUT2D eigenvalue weighted by Gasteiger charge is -2.28. The SMILES string of the molecule is COc1ccc(C)cc1C(N)CN(CC(C)C)C1CC1. The summed E-state index contributed by atoms with van der Waals surface area (Å²) in [7, 11) is 1.72. The zero-order chi connectivity index (χ0) is 14.7. The Bertz CT molecular complexity index is 441. The van der Waals surface area contributed by atoms with Gasteiger partial charge in [0.1, 0.15) is 5.75 Å². The molecule has 112 valence electrons. The van der Waals surface area contributed by atoms with Crippen LogP contribution in [0.4, 0.5) is 0 Å². The fraction of sp³-hybridized carbons (Fsp3) is 0.647. The third kappa shape index (κ3) is 3.97. The van der Waals surface area contributed by atoms with Gasteiger partial charge >= 0.3 is 0 Å². The number of ether oxygens (including phenoxy) is 1. The van der Waals surface area contributed by atoms with Crippen molar-refractivity contribution in [1.29, 1.82) is 0 Å². The normalized spacial score (nSPS) is 16.8. The number of benzene rings is 1. The van der Waals surface area contributed by atoms with Gasteiger partial charge in [-0.2, -0.15) is 0 Å². The number of nitrogens with zero attached hydrogens (tertiary/aromatic N) is 1. The predicted molar refractivity (Wildman–Crippen MR) is 84.1 cm³/mol. The maximum atomic E-state index is 6.46. The summed E-state index contributed by atoms with van der Waals surface area (Å²) in [6, 6.07) is 7.02. The zero-order valence-corrected chi connectivity index (χ0v) is 13.2. The molecule has 2 N–H and O–H groups in total. The van der Waals surface area contributed by atoms with Gasteiger partial charge in [0.05, 0.1) is 7.11 Å². The number of aryl methyl sites for hydroxylation is 1.